The molecule has 1 N–H and O–H groups in total. The lowest BCUT2D eigenvalue weighted by atomic mass is 10.1. The monoisotopic (exact) mass is 312 g/mol. The van der Waals surface area contributed by atoms with Gasteiger partial charge >= 0.3 is 12.3 Å². The molecule has 1 heterocycles. The lowest BCUT2D eigenvalue weighted by molar-refractivity contribution is -0.210. The first kappa shape index (κ1) is 18.0. The van der Waals surface area contributed by atoms with Gasteiger partial charge in [-0.15, -0.1) is 0 Å². The van der Waals surface area contributed by atoms with Crippen molar-refractivity contribution < 1.29 is 27.8 Å². The number of rotatable bonds is 2. The minimum absolute atomic E-state index is 0.271. The van der Waals surface area contributed by atoms with Crippen LogP contribution in [0.4, 0.5) is 18.0 Å². The van der Waals surface area contributed by atoms with Gasteiger partial charge in [0.25, 0.3) is 0 Å². The first-order chi connectivity index (χ1) is 9.40. The Morgan fingerprint density at radius 3 is 2.33 bits per heavy atom. The van der Waals surface area contributed by atoms with Crippen LogP contribution in [0.1, 0.15) is 27.7 Å². The molecular weight excluding hydrogens is 289 g/mol. The van der Waals surface area contributed by atoms with Crippen molar-refractivity contribution >= 4 is 6.09 Å². The van der Waals surface area contributed by atoms with Gasteiger partial charge in [-0.25, -0.2) is 4.79 Å². The molecule has 0 aromatic rings. The summed E-state index contributed by atoms with van der Waals surface area (Å²) in [6, 6.07) is -0.275. The Balaban J connectivity index is 2.53. The van der Waals surface area contributed by atoms with Crippen molar-refractivity contribution in [1.29, 1.82) is 0 Å². The highest BCUT2D eigenvalue weighted by atomic mass is 19.4. The Labute approximate surface area is 122 Å². The molecule has 0 aromatic carbocycles. The van der Waals surface area contributed by atoms with Gasteiger partial charge in [0.05, 0.1) is 0 Å². The SMILES string of the molecule is C[C@H]1CN(C(=O)OC(C)(C)C)CCN1CC(O)C(F)(F)F. The number of carbonyl (C=O) groups excluding carboxylic acids is 1. The van der Waals surface area contributed by atoms with Crippen molar-refractivity contribution in [2.24, 2.45) is 0 Å². The van der Waals surface area contributed by atoms with E-state index in [-0.39, 0.29) is 25.7 Å². The van der Waals surface area contributed by atoms with Crippen molar-refractivity contribution in [3.05, 3.63) is 0 Å². The van der Waals surface area contributed by atoms with E-state index >= 15 is 0 Å². The summed E-state index contributed by atoms with van der Waals surface area (Å²) in [5, 5.41) is 9.11. The van der Waals surface area contributed by atoms with E-state index in [1.54, 1.807) is 27.7 Å². The summed E-state index contributed by atoms with van der Waals surface area (Å²) < 4.78 is 42.3. The Morgan fingerprint density at radius 1 is 1.33 bits per heavy atom. The molecule has 5 nitrogen and oxygen atoms in total. The van der Waals surface area contributed by atoms with E-state index in [1.807, 2.05) is 0 Å². The molecular formula is C13H23F3N2O3. The van der Waals surface area contributed by atoms with Crippen molar-refractivity contribution in [3.8, 4) is 0 Å². The molecule has 0 aliphatic carbocycles. The third-order valence-corrected chi connectivity index (χ3v) is 3.20. The Morgan fingerprint density at radius 2 is 1.90 bits per heavy atom. The normalized spacial score (nSPS) is 23.0. The molecule has 0 radical (unpaired) electrons. The average Bonchev–Trinajstić information content (AvgIpc) is 2.28. The van der Waals surface area contributed by atoms with Crippen molar-refractivity contribution in [1.82, 2.24) is 9.80 Å². The van der Waals surface area contributed by atoms with E-state index in [9.17, 15) is 18.0 Å². The van der Waals surface area contributed by atoms with Crippen molar-refractivity contribution in [2.45, 2.75) is 51.6 Å². The van der Waals surface area contributed by atoms with Crippen LogP contribution in [0.3, 0.4) is 0 Å². The average molecular weight is 312 g/mol. The van der Waals surface area contributed by atoms with Crippen LogP contribution in [-0.2, 0) is 4.74 Å². The molecule has 1 amide bonds. The molecule has 1 unspecified atom stereocenters. The minimum atomic E-state index is -4.62. The van der Waals surface area contributed by atoms with Gasteiger partial charge in [-0.3, -0.25) is 4.90 Å². The summed E-state index contributed by atoms with van der Waals surface area (Å²) in [6.07, 6.45) is -7.46. The second-order valence-corrected chi connectivity index (χ2v) is 6.33. The van der Waals surface area contributed by atoms with E-state index in [0.29, 0.717) is 0 Å². The number of halogens is 3. The van der Waals surface area contributed by atoms with Gasteiger partial charge in [0.1, 0.15) is 5.60 Å². The number of hydrogen-bond acceptors (Lipinski definition) is 4. The maximum Gasteiger partial charge on any atom is 0.415 e. The molecule has 1 fully saturated rings. The lowest BCUT2D eigenvalue weighted by Crippen LogP contribution is -2.57. The number of amides is 1. The van der Waals surface area contributed by atoms with Gasteiger partial charge in [-0.2, -0.15) is 13.2 Å². The van der Waals surface area contributed by atoms with Gasteiger partial charge < -0.3 is 14.7 Å². The number of hydrogen-bond donors (Lipinski definition) is 1. The molecule has 1 aliphatic heterocycles. The maximum atomic E-state index is 12.4. The molecule has 1 aliphatic rings. The predicted octanol–water partition coefficient (Wildman–Crippen LogP) is 1.85. The quantitative estimate of drug-likeness (QED) is 0.845. The Bertz CT molecular complexity index is 369. The molecule has 2 atom stereocenters. The van der Waals surface area contributed by atoms with Crippen LogP contribution < -0.4 is 0 Å². The molecule has 0 bridgehead atoms. The van der Waals surface area contributed by atoms with E-state index in [0.717, 1.165) is 0 Å². The van der Waals surface area contributed by atoms with Crippen molar-refractivity contribution in [3.63, 3.8) is 0 Å². The largest absolute Gasteiger partial charge is 0.444 e. The van der Waals surface area contributed by atoms with Crippen LogP contribution in [0.5, 0.6) is 0 Å². The van der Waals surface area contributed by atoms with E-state index < -0.39 is 30.5 Å². The van der Waals surface area contributed by atoms with Gasteiger partial charge in [0.2, 0.25) is 0 Å². The number of alkyl halides is 3. The summed E-state index contributed by atoms with van der Waals surface area (Å²) >= 11 is 0. The zero-order valence-electron chi connectivity index (χ0n) is 12.8. The first-order valence-electron chi connectivity index (χ1n) is 6.87. The molecule has 0 saturated carbocycles. The molecule has 21 heavy (non-hydrogen) atoms. The maximum absolute atomic E-state index is 12.4. The number of carbonyl (C=O) groups is 1. The van der Waals surface area contributed by atoms with E-state index in [4.69, 9.17) is 9.84 Å². The second-order valence-electron chi connectivity index (χ2n) is 6.33. The van der Waals surface area contributed by atoms with E-state index in [1.165, 1.54) is 9.80 Å². The second kappa shape index (κ2) is 6.39. The Kier molecular flexibility index (Phi) is 5.49. The third kappa shape index (κ3) is 5.70. The summed E-state index contributed by atoms with van der Waals surface area (Å²) in [7, 11) is 0. The molecule has 1 rings (SSSR count). The highest BCUT2D eigenvalue weighted by molar-refractivity contribution is 5.68. The number of nitrogens with zero attached hydrogens (tertiary/aromatic N) is 2. The van der Waals surface area contributed by atoms with Gasteiger partial charge in [0.15, 0.2) is 6.10 Å². The van der Waals surface area contributed by atoms with Crippen LogP contribution in [0, 0.1) is 0 Å². The van der Waals surface area contributed by atoms with Crippen LogP contribution in [0.2, 0.25) is 0 Å². The number of aliphatic hydroxyl groups is 1. The molecule has 1 saturated heterocycles. The Hall–Kier alpha value is -1.02. The zero-order valence-corrected chi connectivity index (χ0v) is 12.8. The molecule has 0 spiro atoms. The fraction of sp³-hybridized carbons (Fsp3) is 0.923. The molecule has 0 aromatic heterocycles. The summed E-state index contributed by atoms with van der Waals surface area (Å²) in [5.74, 6) is 0. The van der Waals surface area contributed by atoms with E-state index in [2.05, 4.69) is 0 Å². The highest BCUT2D eigenvalue weighted by Gasteiger charge is 2.41. The number of β-amino-alcohol motifs (C(OH)–C–C–N with tert-alkyl or cyclic N) is 1. The smallest absolute Gasteiger partial charge is 0.415 e. The number of piperazine rings is 1. The van der Waals surface area contributed by atoms with Gasteiger partial charge in [-0.1, -0.05) is 0 Å². The van der Waals surface area contributed by atoms with Crippen LogP contribution in [0.15, 0.2) is 0 Å². The fourth-order valence-electron chi connectivity index (χ4n) is 2.08. The third-order valence-electron chi connectivity index (χ3n) is 3.20. The van der Waals surface area contributed by atoms with Gasteiger partial charge in [0, 0.05) is 32.2 Å². The van der Waals surface area contributed by atoms with Crippen LogP contribution >= 0.6 is 0 Å². The summed E-state index contributed by atoms with van der Waals surface area (Å²) in [6.45, 7) is 7.34. The predicted molar refractivity (Wildman–Crippen MR) is 70.9 cm³/mol. The zero-order chi connectivity index (χ0) is 16.4. The number of ether oxygens (including phenoxy) is 1. The highest BCUT2D eigenvalue weighted by Crippen LogP contribution is 2.22. The minimum Gasteiger partial charge on any atom is -0.444 e. The summed E-state index contributed by atoms with van der Waals surface area (Å²) in [5.41, 5.74) is -0.607. The van der Waals surface area contributed by atoms with Crippen molar-refractivity contribution in [2.75, 3.05) is 26.2 Å². The topological polar surface area (TPSA) is 53.0 Å². The van der Waals surface area contributed by atoms with Crippen LogP contribution in [-0.4, -0.2) is 71.1 Å². The fourth-order valence-corrected chi connectivity index (χ4v) is 2.08. The lowest BCUT2D eigenvalue weighted by Gasteiger charge is -2.40. The van der Waals surface area contributed by atoms with Gasteiger partial charge in [-0.05, 0) is 27.7 Å². The molecule has 8 heteroatoms. The molecule has 124 valence electrons. The van der Waals surface area contributed by atoms with Crippen LogP contribution in [0.25, 0.3) is 0 Å². The standard InChI is InChI=1S/C13H23F3N2O3/c1-9-7-18(11(20)21-12(2,3)4)6-5-17(9)8-10(19)13(14,15)16/h9-10,19H,5-8H2,1-4H3/t9-,10?/m0/s1. The number of aliphatic hydroxyl groups excluding tert-OH is 1. The first-order valence-corrected chi connectivity index (χ1v) is 6.87. The summed E-state index contributed by atoms with van der Waals surface area (Å²) in [4.78, 5) is 14.9.